The Labute approximate surface area is 101 Å². The number of nitrogens with one attached hydrogen (secondary N) is 1. The number of esters is 1. The number of carbonyl (C=O) groups excluding carboxylic acids is 1. The Morgan fingerprint density at radius 2 is 2.29 bits per heavy atom. The first kappa shape index (κ1) is 13.2. The summed E-state index contributed by atoms with van der Waals surface area (Å²) in [6.45, 7) is 4.35. The quantitative estimate of drug-likeness (QED) is 0.783. The van der Waals surface area contributed by atoms with E-state index in [4.69, 9.17) is 10.00 Å². The van der Waals surface area contributed by atoms with Gasteiger partial charge >= 0.3 is 5.97 Å². The third kappa shape index (κ3) is 5.14. The number of hydrogen-bond donors (Lipinski definition) is 1. The predicted octanol–water partition coefficient (Wildman–Crippen LogP) is 1.60. The van der Waals surface area contributed by atoms with Crippen LogP contribution in [0.1, 0.15) is 25.0 Å². The summed E-state index contributed by atoms with van der Waals surface area (Å²) in [4.78, 5) is 11.2. The molecule has 4 heteroatoms. The highest BCUT2D eigenvalue weighted by atomic mass is 16.5. The van der Waals surface area contributed by atoms with Crippen LogP contribution in [-0.4, -0.2) is 18.6 Å². The molecule has 1 aromatic carbocycles. The molecular formula is C13H16N2O2. The second-order valence-corrected chi connectivity index (χ2v) is 3.95. The van der Waals surface area contributed by atoms with Crippen LogP contribution in [0.4, 0.5) is 0 Å². The van der Waals surface area contributed by atoms with Crippen LogP contribution in [0.5, 0.6) is 0 Å². The summed E-state index contributed by atoms with van der Waals surface area (Å²) in [5.74, 6) is -0.267. The second kappa shape index (κ2) is 6.66. The van der Waals surface area contributed by atoms with Gasteiger partial charge in [0, 0.05) is 6.54 Å². The van der Waals surface area contributed by atoms with Gasteiger partial charge in [-0.25, -0.2) is 0 Å². The zero-order valence-corrected chi connectivity index (χ0v) is 10.1. The van der Waals surface area contributed by atoms with E-state index in [1.54, 1.807) is 12.1 Å². The third-order valence-electron chi connectivity index (χ3n) is 2.02. The molecule has 0 spiro atoms. The third-order valence-corrected chi connectivity index (χ3v) is 2.02. The molecule has 1 aromatic rings. The van der Waals surface area contributed by atoms with Gasteiger partial charge in [-0.3, -0.25) is 4.79 Å². The summed E-state index contributed by atoms with van der Waals surface area (Å²) >= 11 is 0. The average molecular weight is 232 g/mol. The van der Waals surface area contributed by atoms with E-state index in [2.05, 4.69) is 11.4 Å². The lowest BCUT2D eigenvalue weighted by Gasteiger charge is -2.08. The maximum absolute atomic E-state index is 11.2. The van der Waals surface area contributed by atoms with Crippen LogP contribution < -0.4 is 5.32 Å². The molecule has 0 unspecified atom stereocenters. The van der Waals surface area contributed by atoms with Crippen molar-refractivity contribution in [2.45, 2.75) is 26.5 Å². The second-order valence-electron chi connectivity index (χ2n) is 3.95. The molecule has 0 aliphatic rings. The minimum atomic E-state index is -0.267. The van der Waals surface area contributed by atoms with Crippen LogP contribution in [0.25, 0.3) is 0 Å². The lowest BCUT2D eigenvalue weighted by atomic mass is 10.1. The highest BCUT2D eigenvalue weighted by Crippen LogP contribution is 2.03. The van der Waals surface area contributed by atoms with Crippen LogP contribution >= 0.6 is 0 Å². The molecule has 0 amide bonds. The number of hydrogen-bond acceptors (Lipinski definition) is 4. The van der Waals surface area contributed by atoms with Crippen LogP contribution in [0.2, 0.25) is 0 Å². The Hall–Kier alpha value is -1.86. The zero-order chi connectivity index (χ0) is 12.7. The fourth-order valence-electron chi connectivity index (χ4n) is 1.36. The molecule has 0 fully saturated rings. The topological polar surface area (TPSA) is 62.1 Å². The summed E-state index contributed by atoms with van der Waals surface area (Å²) in [7, 11) is 0. The molecule has 0 saturated heterocycles. The normalized spacial score (nSPS) is 10.0. The Bertz CT molecular complexity index is 422. The Morgan fingerprint density at radius 1 is 1.53 bits per heavy atom. The van der Waals surface area contributed by atoms with Gasteiger partial charge in [0.2, 0.25) is 0 Å². The van der Waals surface area contributed by atoms with Gasteiger partial charge in [-0.2, -0.15) is 5.26 Å². The minimum absolute atomic E-state index is 0.0915. The predicted molar refractivity (Wildman–Crippen MR) is 64.1 cm³/mol. The fourth-order valence-corrected chi connectivity index (χ4v) is 1.36. The van der Waals surface area contributed by atoms with E-state index in [0.717, 1.165) is 5.56 Å². The Balaban J connectivity index is 2.36. The molecule has 0 aliphatic carbocycles. The van der Waals surface area contributed by atoms with E-state index in [0.29, 0.717) is 12.1 Å². The molecule has 0 heterocycles. The number of rotatable bonds is 5. The standard InChI is InChI=1S/C13H16N2O2/c1-10(2)17-13(16)9-15-8-12-5-3-4-11(6-12)7-14/h3-6,10,15H,8-9H2,1-2H3. The number of ether oxygens (including phenoxy) is 1. The van der Waals surface area contributed by atoms with E-state index >= 15 is 0 Å². The van der Waals surface area contributed by atoms with Crippen LogP contribution in [0, 0.1) is 11.3 Å². The van der Waals surface area contributed by atoms with Gasteiger partial charge < -0.3 is 10.1 Å². The summed E-state index contributed by atoms with van der Waals surface area (Å²) < 4.78 is 4.98. The first-order chi connectivity index (χ1) is 8.11. The van der Waals surface area contributed by atoms with E-state index in [1.165, 1.54) is 0 Å². The van der Waals surface area contributed by atoms with Crippen LogP contribution in [0.3, 0.4) is 0 Å². The lowest BCUT2D eigenvalue weighted by Crippen LogP contribution is -2.26. The van der Waals surface area contributed by atoms with Gasteiger partial charge in [-0.05, 0) is 31.5 Å². The van der Waals surface area contributed by atoms with Crippen molar-refractivity contribution in [1.29, 1.82) is 5.26 Å². The summed E-state index contributed by atoms with van der Waals surface area (Å²) in [5, 5.41) is 11.7. The maximum Gasteiger partial charge on any atom is 0.320 e. The van der Waals surface area contributed by atoms with Gasteiger partial charge in [-0.15, -0.1) is 0 Å². The summed E-state index contributed by atoms with van der Waals surface area (Å²) in [6.07, 6.45) is -0.0915. The number of nitrogens with zero attached hydrogens (tertiary/aromatic N) is 1. The van der Waals surface area contributed by atoms with Crippen molar-refractivity contribution in [3.05, 3.63) is 35.4 Å². The summed E-state index contributed by atoms with van der Waals surface area (Å²) in [5.41, 5.74) is 1.59. The minimum Gasteiger partial charge on any atom is -0.462 e. The molecular weight excluding hydrogens is 216 g/mol. The van der Waals surface area contributed by atoms with Crippen molar-refractivity contribution in [1.82, 2.24) is 5.32 Å². The fraction of sp³-hybridized carbons (Fsp3) is 0.385. The molecule has 1 N–H and O–H groups in total. The van der Waals surface area contributed by atoms with E-state index in [9.17, 15) is 4.79 Å². The lowest BCUT2D eigenvalue weighted by molar-refractivity contribution is -0.146. The Morgan fingerprint density at radius 3 is 2.94 bits per heavy atom. The molecule has 17 heavy (non-hydrogen) atoms. The molecule has 0 aliphatic heterocycles. The molecule has 0 aromatic heterocycles. The average Bonchev–Trinajstić information content (AvgIpc) is 2.28. The highest BCUT2D eigenvalue weighted by Gasteiger charge is 2.04. The first-order valence-electron chi connectivity index (χ1n) is 5.51. The monoisotopic (exact) mass is 232 g/mol. The van der Waals surface area contributed by atoms with Gasteiger partial charge in [0.1, 0.15) is 0 Å². The maximum atomic E-state index is 11.2. The molecule has 1 rings (SSSR count). The van der Waals surface area contributed by atoms with Crippen LogP contribution in [-0.2, 0) is 16.1 Å². The number of nitriles is 1. The van der Waals surface area contributed by atoms with Gasteiger partial charge in [-0.1, -0.05) is 12.1 Å². The molecule has 90 valence electrons. The van der Waals surface area contributed by atoms with E-state index in [1.807, 2.05) is 26.0 Å². The van der Waals surface area contributed by atoms with Crippen molar-refractivity contribution in [3.63, 3.8) is 0 Å². The molecule has 0 saturated carbocycles. The Kier molecular flexibility index (Phi) is 5.18. The first-order valence-corrected chi connectivity index (χ1v) is 5.51. The molecule has 4 nitrogen and oxygen atoms in total. The van der Waals surface area contributed by atoms with Crippen molar-refractivity contribution in [2.75, 3.05) is 6.54 Å². The molecule has 0 atom stereocenters. The van der Waals surface area contributed by atoms with E-state index in [-0.39, 0.29) is 18.6 Å². The largest absolute Gasteiger partial charge is 0.462 e. The number of carbonyl (C=O) groups is 1. The van der Waals surface area contributed by atoms with Crippen molar-refractivity contribution < 1.29 is 9.53 Å². The van der Waals surface area contributed by atoms with Crippen LogP contribution in [0.15, 0.2) is 24.3 Å². The van der Waals surface area contributed by atoms with Crippen molar-refractivity contribution in [3.8, 4) is 6.07 Å². The molecule has 0 radical (unpaired) electrons. The smallest absolute Gasteiger partial charge is 0.320 e. The van der Waals surface area contributed by atoms with Crippen molar-refractivity contribution >= 4 is 5.97 Å². The van der Waals surface area contributed by atoms with E-state index < -0.39 is 0 Å². The highest BCUT2D eigenvalue weighted by molar-refractivity contribution is 5.71. The van der Waals surface area contributed by atoms with Gasteiger partial charge in [0.25, 0.3) is 0 Å². The zero-order valence-electron chi connectivity index (χ0n) is 10.1. The van der Waals surface area contributed by atoms with Crippen molar-refractivity contribution in [2.24, 2.45) is 0 Å². The number of benzene rings is 1. The SMILES string of the molecule is CC(C)OC(=O)CNCc1cccc(C#N)c1. The van der Waals surface area contributed by atoms with Gasteiger partial charge in [0.05, 0.1) is 24.3 Å². The summed E-state index contributed by atoms with van der Waals surface area (Å²) in [6, 6.07) is 9.34. The molecule has 0 bridgehead atoms. The van der Waals surface area contributed by atoms with Gasteiger partial charge in [0.15, 0.2) is 0 Å².